The second-order valence-corrected chi connectivity index (χ2v) is 5.67. The summed E-state index contributed by atoms with van der Waals surface area (Å²) in [5, 5.41) is 3.43. The van der Waals surface area contributed by atoms with Crippen LogP contribution in [0.15, 0.2) is 12.1 Å². The lowest BCUT2D eigenvalue weighted by molar-refractivity contribution is 0.159. The fraction of sp³-hybridized carbons (Fsp3) is 0.647. The molecular weight excluding hydrogens is 335 g/mol. The van der Waals surface area contributed by atoms with E-state index in [1.165, 1.54) is 11.1 Å². The van der Waals surface area contributed by atoms with Gasteiger partial charge in [-0.2, -0.15) is 0 Å². The third-order valence-corrected chi connectivity index (χ3v) is 4.18. The molecule has 1 heterocycles. The monoisotopic (exact) mass is 364 g/mol. The number of ether oxygens (including phenoxy) is 2. The molecule has 0 aliphatic carbocycles. The number of methoxy groups -OCH3 is 2. The number of nitrogens with one attached hydrogen (secondary N) is 1. The lowest BCUT2D eigenvalue weighted by atomic mass is 9.96. The molecule has 23 heavy (non-hydrogen) atoms. The Morgan fingerprint density at radius 3 is 2.04 bits per heavy atom. The van der Waals surface area contributed by atoms with Crippen LogP contribution < -0.4 is 14.8 Å². The van der Waals surface area contributed by atoms with Crippen molar-refractivity contribution in [2.45, 2.75) is 32.7 Å². The van der Waals surface area contributed by atoms with Gasteiger partial charge in [-0.05, 0) is 31.0 Å². The number of rotatable bonds is 6. The molecule has 1 aliphatic heterocycles. The van der Waals surface area contributed by atoms with Crippen LogP contribution in [0.25, 0.3) is 0 Å². The van der Waals surface area contributed by atoms with Gasteiger partial charge in [-0.15, -0.1) is 24.8 Å². The Bertz CT molecular complexity index is 441. The molecule has 1 fully saturated rings. The highest BCUT2D eigenvalue weighted by molar-refractivity contribution is 5.85. The highest BCUT2D eigenvalue weighted by Crippen LogP contribution is 2.40. The van der Waals surface area contributed by atoms with Crippen LogP contribution in [0.4, 0.5) is 0 Å². The van der Waals surface area contributed by atoms with Gasteiger partial charge in [0.1, 0.15) is 11.5 Å². The Kier molecular flexibility index (Phi) is 10.7. The number of halogens is 2. The van der Waals surface area contributed by atoms with Gasteiger partial charge in [0, 0.05) is 32.2 Å². The number of hydrogen-bond donors (Lipinski definition) is 1. The van der Waals surface area contributed by atoms with Crippen molar-refractivity contribution in [3.05, 3.63) is 23.3 Å². The van der Waals surface area contributed by atoms with Crippen LogP contribution in [0, 0.1) is 6.92 Å². The minimum absolute atomic E-state index is 0. The van der Waals surface area contributed by atoms with Crippen LogP contribution in [0.3, 0.4) is 0 Å². The zero-order chi connectivity index (χ0) is 15.2. The summed E-state index contributed by atoms with van der Waals surface area (Å²) in [4.78, 5) is 2.55. The zero-order valence-corrected chi connectivity index (χ0v) is 16.2. The highest BCUT2D eigenvalue weighted by atomic mass is 35.5. The number of hydrogen-bond acceptors (Lipinski definition) is 4. The fourth-order valence-corrected chi connectivity index (χ4v) is 3.18. The summed E-state index contributed by atoms with van der Waals surface area (Å²) in [5.41, 5.74) is 2.37. The third-order valence-electron chi connectivity index (χ3n) is 4.18. The molecule has 0 saturated carbocycles. The van der Waals surface area contributed by atoms with Crippen LogP contribution in [0.1, 0.15) is 36.9 Å². The molecule has 0 unspecified atom stereocenters. The maximum Gasteiger partial charge on any atom is 0.127 e. The quantitative estimate of drug-likeness (QED) is 0.835. The van der Waals surface area contributed by atoms with Crippen molar-refractivity contribution in [2.24, 2.45) is 0 Å². The maximum atomic E-state index is 5.66. The summed E-state index contributed by atoms with van der Waals surface area (Å²) in [5.74, 6) is 1.90. The lowest BCUT2D eigenvalue weighted by Crippen LogP contribution is -2.45. The maximum absolute atomic E-state index is 5.66. The minimum atomic E-state index is 0. The summed E-state index contributed by atoms with van der Waals surface area (Å²) < 4.78 is 11.3. The molecule has 0 radical (unpaired) electrons. The van der Waals surface area contributed by atoms with Gasteiger partial charge >= 0.3 is 0 Å². The molecule has 2 rings (SSSR count). The van der Waals surface area contributed by atoms with Crippen LogP contribution in [0.2, 0.25) is 0 Å². The van der Waals surface area contributed by atoms with Crippen LogP contribution in [-0.4, -0.2) is 45.3 Å². The van der Waals surface area contributed by atoms with Crippen molar-refractivity contribution in [1.82, 2.24) is 10.2 Å². The van der Waals surface area contributed by atoms with Crippen molar-refractivity contribution in [3.63, 3.8) is 0 Å². The summed E-state index contributed by atoms with van der Waals surface area (Å²) in [6.45, 7) is 8.57. The average Bonchev–Trinajstić information content (AvgIpc) is 2.53. The molecule has 4 nitrogen and oxygen atoms in total. The van der Waals surface area contributed by atoms with Gasteiger partial charge in [0.15, 0.2) is 0 Å². The Labute approximate surface area is 152 Å². The van der Waals surface area contributed by atoms with E-state index in [1.54, 1.807) is 14.2 Å². The Morgan fingerprint density at radius 1 is 1.09 bits per heavy atom. The molecule has 1 saturated heterocycles. The first kappa shape index (κ1) is 22.3. The largest absolute Gasteiger partial charge is 0.496 e. The van der Waals surface area contributed by atoms with Crippen LogP contribution in [0.5, 0.6) is 11.5 Å². The summed E-state index contributed by atoms with van der Waals surface area (Å²) >= 11 is 0. The van der Waals surface area contributed by atoms with Gasteiger partial charge in [0.25, 0.3) is 0 Å². The predicted molar refractivity (Wildman–Crippen MR) is 101 cm³/mol. The van der Waals surface area contributed by atoms with E-state index in [1.807, 2.05) is 0 Å². The highest BCUT2D eigenvalue weighted by Gasteiger charge is 2.27. The van der Waals surface area contributed by atoms with Gasteiger partial charge in [-0.25, -0.2) is 0 Å². The summed E-state index contributed by atoms with van der Waals surface area (Å²) in [6, 6.07) is 4.59. The van der Waals surface area contributed by atoms with Gasteiger partial charge < -0.3 is 14.8 Å². The second kappa shape index (κ2) is 11.0. The number of piperazine rings is 1. The lowest BCUT2D eigenvalue weighted by Gasteiger charge is -2.36. The molecule has 1 aromatic carbocycles. The van der Waals surface area contributed by atoms with Gasteiger partial charge in [-0.1, -0.05) is 13.3 Å². The van der Waals surface area contributed by atoms with Gasteiger partial charge in [0.05, 0.1) is 19.8 Å². The topological polar surface area (TPSA) is 33.7 Å². The Hall–Kier alpha value is -0.680. The molecular formula is C17H30Cl2N2O2. The molecule has 1 N–H and O–H groups in total. The zero-order valence-electron chi connectivity index (χ0n) is 14.6. The molecule has 1 atom stereocenters. The van der Waals surface area contributed by atoms with Crippen molar-refractivity contribution < 1.29 is 9.47 Å². The molecule has 134 valence electrons. The molecule has 0 spiro atoms. The molecule has 6 heteroatoms. The Balaban J connectivity index is 0.00000242. The molecule has 0 amide bonds. The second-order valence-electron chi connectivity index (χ2n) is 5.67. The first-order valence-electron chi connectivity index (χ1n) is 7.88. The summed E-state index contributed by atoms with van der Waals surface area (Å²) in [6.07, 6.45) is 2.27. The SMILES string of the molecule is CCC[C@@H](c1c(OC)cc(C)cc1OC)N1CCNCC1.Cl.Cl. The van der Waals surface area contributed by atoms with E-state index in [0.717, 1.165) is 50.5 Å². The molecule has 1 aliphatic rings. The predicted octanol–water partition coefficient (Wildman–Crippen LogP) is 3.60. The third kappa shape index (κ3) is 5.42. The van der Waals surface area contributed by atoms with Crippen molar-refractivity contribution in [2.75, 3.05) is 40.4 Å². The van der Waals surface area contributed by atoms with E-state index >= 15 is 0 Å². The molecule has 0 aromatic heterocycles. The van der Waals surface area contributed by atoms with Crippen LogP contribution in [-0.2, 0) is 0 Å². The first-order chi connectivity index (χ1) is 10.2. The smallest absolute Gasteiger partial charge is 0.127 e. The van der Waals surface area contributed by atoms with Crippen molar-refractivity contribution in [1.29, 1.82) is 0 Å². The Morgan fingerprint density at radius 2 is 1.61 bits per heavy atom. The molecule has 0 bridgehead atoms. The van der Waals surface area contributed by atoms with Gasteiger partial charge in [-0.3, -0.25) is 4.90 Å². The van der Waals surface area contributed by atoms with E-state index in [9.17, 15) is 0 Å². The standard InChI is InChI=1S/C17H28N2O2.2ClH/c1-5-6-14(19-9-7-18-8-10-19)17-15(20-3)11-13(2)12-16(17)21-4;;/h11-12,14,18H,5-10H2,1-4H3;2*1H/t14-;;/m0../s1. The summed E-state index contributed by atoms with van der Waals surface area (Å²) in [7, 11) is 3.50. The van der Waals surface area contributed by atoms with Crippen LogP contribution >= 0.6 is 24.8 Å². The number of benzene rings is 1. The van der Waals surface area contributed by atoms with E-state index in [0.29, 0.717) is 6.04 Å². The first-order valence-corrected chi connectivity index (χ1v) is 7.88. The molecule has 1 aromatic rings. The average molecular weight is 365 g/mol. The van der Waals surface area contributed by atoms with Crippen molar-refractivity contribution >= 4 is 24.8 Å². The number of aryl methyl sites for hydroxylation is 1. The van der Waals surface area contributed by atoms with E-state index < -0.39 is 0 Å². The minimum Gasteiger partial charge on any atom is -0.496 e. The number of nitrogens with zero attached hydrogens (tertiary/aromatic N) is 1. The van der Waals surface area contributed by atoms with Crippen molar-refractivity contribution in [3.8, 4) is 11.5 Å². The van der Waals surface area contributed by atoms with Gasteiger partial charge in [0.2, 0.25) is 0 Å². The van der Waals surface area contributed by atoms with E-state index in [4.69, 9.17) is 9.47 Å². The van der Waals surface area contributed by atoms with E-state index in [-0.39, 0.29) is 24.8 Å². The fourth-order valence-electron chi connectivity index (χ4n) is 3.18. The normalized spacial score (nSPS) is 16.0. The van der Waals surface area contributed by atoms with E-state index in [2.05, 4.69) is 36.2 Å².